The zero-order valence-electron chi connectivity index (χ0n) is 17.1. The minimum atomic E-state index is -3.37. The lowest BCUT2D eigenvalue weighted by molar-refractivity contribution is 0.157. The first-order valence-corrected chi connectivity index (χ1v) is 12.2. The van der Waals surface area contributed by atoms with Crippen molar-refractivity contribution < 1.29 is 17.9 Å². The number of rotatable bonds is 6. The van der Waals surface area contributed by atoms with Crippen LogP contribution in [0.4, 0.5) is 10.1 Å². The van der Waals surface area contributed by atoms with Crippen molar-refractivity contribution in [2.24, 2.45) is 0 Å². The van der Waals surface area contributed by atoms with Gasteiger partial charge >= 0.3 is 0 Å². The van der Waals surface area contributed by atoms with Gasteiger partial charge in [0.1, 0.15) is 5.82 Å². The van der Waals surface area contributed by atoms with E-state index in [-0.39, 0.29) is 12.2 Å². The molecule has 2 aliphatic heterocycles. The van der Waals surface area contributed by atoms with Crippen LogP contribution in [0.2, 0.25) is 0 Å². The van der Waals surface area contributed by atoms with E-state index in [1.165, 1.54) is 12.1 Å². The van der Waals surface area contributed by atoms with Crippen LogP contribution in [0, 0.1) is 5.82 Å². The van der Waals surface area contributed by atoms with Gasteiger partial charge in [-0.3, -0.25) is 4.90 Å². The summed E-state index contributed by atoms with van der Waals surface area (Å²) in [5.74, 6) is -0.214. The van der Waals surface area contributed by atoms with E-state index in [1.807, 2.05) is 12.1 Å². The predicted octanol–water partition coefficient (Wildman–Crippen LogP) is 3.40. The minimum absolute atomic E-state index is 0.214. The molecule has 1 fully saturated rings. The minimum Gasteiger partial charge on any atom is -0.388 e. The Hall–Kier alpha value is -1.96. The number of anilines is 1. The molecule has 1 saturated heterocycles. The summed E-state index contributed by atoms with van der Waals surface area (Å²) in [6.07, 6.45) is 1.95. The van der Waals surface area contributed by atoms with Crippen molar-refractivity contribution >= 4 is 15.5 Å². The Morgan fingerprint density at radius 3 is 2.40 bits per heavy atom. The van der Waals surface area contributed by atoms with Gasteiger partial charge in [-0.05, 0) is 61.7 Å². The van der Waals surface area contributed by atoms with Gasteiger partial charge in [0, 0.05) is 31.9 Å². The molecule has 2 atom stereocenters. The van der Waals surface area contributed by atoms with Crippen LogP contribution in [0.1, 0.15) is 37.4 Å². The van der Waals surface area contributed by atoms with Crippen molar-refractivity contribution in [1.82, 2.24) is 4.90 Å². The number of aliphatic hydroxyl groups is 1. The number of unbranched alkanes of at least 4 members (excludes halogenated alkanes) is 1. The first-order valence-electron chi connectivity index (χ1n) is 10.7. The number of benzene rings is 2. The summed E-state index contributed by atoms with van der Waals surface area (Å²) >= 11 is 0. The van der Waals surface area contributed by atoms with E-state index in [9.17, 15) is 17.9 Å². The zero-order chi connectivity index (χ0) is 21.1. The fraction of sp³-hybridized carbons (Fsp3) is 0.478. The molecule has 2 unspecified atom stereocenters. The maximum Gasteiger partial charge on any atom is 0.181 e. The third kappa shape index (κ3) is 4.53. The predicted molar refractivity (Wildman–Crippen MR) is 116 cm³/mol. The Morgan fingerprint density at radius 1 is 0.967 bits per heavy atom. The quantitative estimate of drug-likeness (QED) is 0.709. The lowest BCUT2D eigenvalue weighted by atomic mass is 10.0. The standard InChI is InChI=1S/C23H29FN2O3S/c24-18-8-10-19(11-9-18)26-15-13-25(14-16-26)12-4-3-5-20-17-22(27)21-6-1-2-7-23(21)30(20,28)29/h1-2,6-11,20,22,27H,3-5,12-17H2. The molecule has 5 nitrogen and oxygen atoms in total. The summed E-state index contributed by atoms with van der Waals surface area (Å²) in [7, 11) is -3.37. The van der Waals surface area contributed by atoms with Gasteiger partial charge in [-0.2, -0.15) is 0 Å². The topological polar surface area (TPSA) is 60.9 Å². The summed E-state index contributed by atoms with van der Waals surface area (Å²) in [6, 6.07) is 13.4. The number of hydrogen-bond donors (Lipinski definition) is 1. The van der Waals surface area contributed by atoms with Gasteiger partial charge in [0.05, 0.1) is 16.2 Å². The average Bonchev–Trinajstić information content (AvgIpc) is 2.76. The smallest absolute Gasteiger partial charge is 0.181 e. The van der Waals surface area contributed by atoms with Crippen LogP contribution in [0.15, 0.2) is 53.4 Å². The highest BCUT2D eigenvalue weighted by Gasteiger charge is 2.37. The van der Waals surface area contributed by atoms with Crippen molar-refractivity contribution in [2.75, 3.05) is 37.6 Å². The van der Waals surface area contributed by atoms with Crippen LogP contribution >= 0.6 is 0 Å². The van der Waals surface area contributed by atoms with Crippen LogP contribution in [0.3, 0.4) is 0 Å². The average molecular weight is 433 g/mol. The second-order valence-electron chi connectivity index (χ2n) is 8.26. The third-order valence-electron chi connectivity index (χ3n) is 6.32. The summed E-state index contributed by atoms with van der Waals surface area (Å²) in [6.45, 7) is 4.66. The monoisotopic (exact) mass is 432 g/mol. The summed E-state index contributed by atoms with van der Waals surface area (Å²) in [4.78, 5) is 4.97. The molecule has 30 heavy (non-hydrogen) atoms. The highest BCUT2D eigenvalue weighted by molar-refractivity contribution is 7.92. The lowest BCUT2D eigenvalue weighted by Gasteiger charge is -2.36. The Bertz CT molecular complexity index is 957. The van der Waals surface area contributed by atoms with E-state index in [1.54, 1.807) is 24.3 Å². The van der Waals surface area contributed by atoms with Gasteiger partial charge in [0.15, 0.2) is 9.84 Å². The van der Waals surface area contributed by atoms with Gasteiger partial charge in [0.2, 0.25) is 0 Å². The second-order valence-corrected chi connectivity index (χ2v) is 10.5. The van der Waals surface area contributed by atoms with Gasteiger partial charge < -0.3 is 10.0 Å². The molecule has 2 heterocycles. The summed E-state index contributed by atoms with van der Waals surface area (Å²) in [5.41, 5.74) is 1.59. The van der Waals surface area contributed by atoms with E-state index >= 15 is 0 Å². The molecule has 0 spiro atoms. The molecule has 162 valence electrons. The molecule has 0 saturated carbocycles. The SMILES string of the molecule is O=S1(=O)c2ccccc2C(O)CC1CCCCN1CCN(c2ccc(F)cc2)CC1. The van der Waals surface area contributed by atoms with Crippen molar-refractivity contribution in [3.05, 3.63) is 59.9 Å². The number of hydrogen-bond acceptors (Lipinski definition) is 5. The first-order chi connectivity index (χ1) is 14.4. The molecule has 1 N–H and O–H groups in total. The van der Waals surface area contributed by atoms with E-state index in [4.69, 9.17) is 0 Å². The van der Waals surface area contributed by atoms with Crippen LogP contribution in [-0.2, 0) is 9.84 Å². The van der Waals surface area contributed by atoms with E-state index in [0.717, 1.165) is 51.3 Å². The van der Waals surface area contributed by atoms with Gasteiger partial charge in [-0.15, -0.1) is 0 Å². The fourth-order valence-electron chi connectivity index (χ4n) is 4.56. The second kappa shape index (κ2) is 9.04. The van der Waals surface area contributed by atoms with Gasteiger partial charge in [0.25, 0.3) is 0 Å². The molecule has 2 aliphatic rings. The van der Waals surface area contributed by atoms with Crippen LogP contribution < -0.4 is 4.90 Å². The van der Waals surface area contributed by atoms with Crippen molar-refractivity contribution in [2.45, 2.75) is 41.9 Å². The Labute approximate surface area is 178 Å². The zero-order valence-corrected chi connectivity index (χ0v) is 17.9. The molecule has 0 radical (unpaired) electrons. The highest BCUT2D eigenvalue weighted by atomic mass is 32.2. The normalized spacial score (nSPS) is 23.9. The molecule has 4 rings (SSSR count). The number of halogens is 1. The number of nitrogens with zero attached hydrogens (tertiary/aromatic N) is 2. The Balaban J connectivity index is 1.23. The molecular formula is C23H29FN2O3S. The molecular weight excluding hydrogens is 403 g/mol. The molecule has 0 aliphatic carbocycles. The third-order valence-corrected chi connectivity index (χ3v) is 8.61. The Kier molecular flexibility index (Phi) is 6.41. The maximum atomic E-state index is 13.1. The molecule has 2 aromatic carbocycles. The molecule has 0 amide bonds. The Morgan fingerprint density at radius 2 is 1.67 bits per heavy atom. The van der Waals surface area contributed by atoms with Crippen molar-refractivity contribution in [3.8, 4) is 0 Å². The van der Waals surface area contributed by atoms with Gasteiger partial charge in [-0.1, -0.05) is 24.6 Å². The van der Waals surface area contributed by atoms with Gasteiger partial charge in [-0.25, -0.2) is 12.8 Å². The molecule has 0 bridgehead atoms. The molecule has 0 aromatic heterocycles. The number of piperazine rings is 1. The largest absolute Gasteiger partial charge is 0.388 e. The van der Waals surface area contributed by atoms with E-state index < -0.39 is 21.2 Å². The summed E-state index contributed by atoms with van der Waals surface area (Å²) in [5, 5.41) is 9.86. The number of fused-ring (bicyclic) bond motifs is 1. The maximum absolute atomic E-state index is 13.1. The summed E-state index contributed by atoms with van der Waals surface area (Å²) < 4.78 is 38.9. The van der Waals surface area contributed by atoms with E-state index in [0.29, 0.717) is 16.9 Å². The number of sulfone groups is 1. The highest BCUT2D eigenvalue weighted by Crippen LogP contribution is 2.37. The fourth-order valence-corrected chi connectivity index (χ4v) is 6.63. The molecule has 7 heteroatoms. The van der Waals surface area contributed by atoms with Crippen LogP contribution in [-0.4, -0.2) is 56.4 Å². The van der Waals surface area contributed by atoms with Crippen LogP contribution in [0.25, 0.3) is 0 Å². The number of aliphatic hydroxyl groups excluding tert-OH is 1. The van der Waals surface area contributed by atoms with E-state index in [2.05, 4.69) is 9.80 Å². The lowest BCUT2D eigenvalue weighted by Crippen LogP contribution is -2.46. The van der Waals surface area contributed by atoms with Crippen LogP contribution in [0.5, 0.6) is 0 Å². The van der Waals surface area contributed by atoms with Crippen molar-refractivity contribution in [3.63, 3.8) is 0 Å². The first kappa shape index (κ1) is 21.3. The van der Waals surface area contributed by atoms with Crippen molar-refractivity contribution in [1.29, 1.82) is 0 Å². The molecule has 2 aromatic rings.